The molecular weight excluding hydrogens is 471 g/mol. The van der Waals surface area contributed by atoms with Gasteiger partial charge in [-0.2, -0.15) is 11.8 Å². The Morgan fingerprint density at radius 2 is 2.19 bits per heavy atom. The third-order valence-electron chi connectivity index (χ3n) is 4.58. The lowest BCUT2D eigenvalue weighted by Crippen LogP contribution is -2.43. The molecule has 2 aromatic rings. The van der Waals surface area contributed by atoms with E-state index in [0.29, 0.717) is 11.3 Å². The van der Waals surface area contributed by atoms with E-state index in [1.165, 1.54) is 18.6 Å². The maximum absolute atomic E-state index is 4.71. The molecular formula is C19H29IN6S. The van der Waals surface area contributed by atoms with Gasteiger partial charge in [-0.05, 0) is 51.0 Å². The van der Waals surface area contributed by atoms with Crippen LogP contribution in [0.5, 0.6) is 0 Å². The largest absolute Gasteiger partial charge is 0.357 e. The van der Waals surface area contributed by atoms with Crippen molar-refractivity contribution in [3.63, 3.8) is 0 Å². The third-order valence-corrected chi connectivity index (χ3v) is 6.11. The van der Waals surface area contributed by atoms with Crippen molar-refractivity contribution in [3.05, 3.63) is 42.1 Å². The molecule has 0 bridgehead atoms. The summed E-state index contributed by atoms with van der Waals surface area (Å²) in [5.74, 6) is 3.94. The van der Waals surface area contributed by atoms with E-state index < -0.39 is 0 Å². The number of aliphatic imine (C=N–C) groups is 1. The standard InChI is InChI=1S/C19H28N6S.HI/c1-4-20-18(24-14-19(3)8-5-11-26-19)23-13-16-6-7-17(22-12-16)25-10-9-21-15(25)2;/h6-7,9-10,12H,4-5,8,11,13-14H2,1-3H3,(H2,20,23,24);1H. The van der Waals surface area contributed by atoms with Crippen LogP contribution in [-0.2, 0) is 6.54 Å². The molecule has 0 amide bonds. The van der Waals surface area contributed by atoms with E-state index in [9.17, 15) is 0 Å². The smallest absolute Gasteiger partial charge is 0.191 e. The molecule has 2 N–H and O–H groups in total. The number of halogens is 1. The van der Waals surface area contributed by atoms with Crippen molar-refractivity contribution in [2.45, 2.75) is 44.9 Å². The monoisotopic (exact) mass is 500 g/mol. The normalized spacial score (nSPS) is 19.6. The van der Waals surface area contributed by atoms with Crippen LogP contribution in [0.25, 0.3) is 5.82 Å². The minimum absolute atomic E-state index is 0. The Morgan fingerprint density at radius 1 is 1.33 bits per heavy atom. The van der Waals surface area contributed by atoms with Crippen molar-refractivity contribution < 1.29 is 0 Å². The van der Waals surface area contributed by atoms with Crippen molar-refractivity contribution in [2.75, 3.05) is 18.8 Å². The molecule has 1 aliphatic heterocycles. The van der Waals surface area contributed by atoms with Crippen LogP contribution in [0.2, 0.25) is 0 Å². The van der Waals surface area contributed by atoms with Gasteiger partial charge in [0.25, 0.3) is 0 Å². The summed E-state index contributed by atoms with van der Waals surface area (Å²) in [7, 11) is 0. The Kier molecular flexibility index (Phi) is 8.40. The minimum Gasteiger partial charge on any atom is -0.357 e. The summed E-state index contributed by atoms with van der Waals surface area (Å²) < 4.78 is 2.29. The van der Waals surface area contributed by atoms with Gasteiger partial charge in [0, 0.05) is 36.4 Å². The molecule has 1 fully saturated rings. The number of thioether (sulfide) groups is 1. The maximum atomic E-state index is 4.71. The molecule has 8 heteroatoms. The van der Waals surface area contributed by atoms with Gasteiger partial charge in [0.2, 0.25) is 0 Å². The highest BCUT2D eigenvalue weighted by molar-refractivity contribution is 14.0. The van der Waals surface area contributed by atoms with E-state index in [-0.39, 0.29) is 24.0 Å². The van der Waals surface area contributed by atoms with Gasteiger partial charge in [0.15, 0.2) is 5.96 Å². The summed E-state index contributed by atoms with van der Waals surface area (Å²) in [6, 6.07) is 4.08. The first-order valence-electron chi connectivity index (χ1n) is 9.21. The van der Waals surface area contributed by atoms with Crippen molar-refractivity contribution in [2.24, 2.45) is 4.99 Å². The van der Waals surface area contributed by atoms with Crippen molar-refractivity contribution in [3.8, 4) is 5.82 Å². The van der Waals surface area contributed by atoms with Gasteiger partial charge >= 0.3 is 0 Å². The molecule has 2 aromatic heterocycles. The number of rotatable bonds is 6. The average Bonchev–Trinajstić information content (AvgIpc) is 3.27. The van der Waals surface area contributed by atoms with Crippen LogP contribution >= 0.6 is 35.7 Å². The zero-order chi connectivity index (χ0) is 18.4. The Hall–Kier alpha value is -1.29. The summed E-state index contributed by atoms with van der Waals surface area (Å²) in [4.78, 5) is 13.5. The number of guanidine groups is 1. The van der Waals surface area contributed by atoms with Crippen LogP contribution in [0.4, 0.5) is 0 Å². The van der Waals surface area contributed by atoms with E-state index >= 15 is 0 Å². The predicted molar refractivity (Wildman–Crippen MR) is 124 cm³/mol. The van der Waals surface area contributed by atoms with Gasteiger partial charge in [-0.1, -0.05) is 6.07 Å². The molecule has 1 unspecified atom stereocenters. The fourth-order valence-electron chi connectivity index (χ4n) is 3.03. The average molecular weight is 500 g/mol. The van der Waals surface area contributed by atoms with Crippen molar-refractivity contribution in [1.82, 2.24) is 25.2 Å². The first kappa shape index (κ1) is 22.0. The van der Waals surface area contributed by atoms with Gasteiger partial charge in [-0.25, -0.2) is 15.0 Å². The number of aryl methyl sites for hydroxylation is 1. The minimum atomic E-state index is 0. The lowest BCUT2D eigenvalue weighted by molar-refractivity contribution is 0.584. The number of aromatic nitrogens is 3. The summed E-state index contributed by atoms with van der Waals surface area (Å²) in [5, 5.41) is 6.83. The lowest BCUT2D eigenvalue weighted by atomic mass is 10.1. The van der Waals surface area contributed by atoms with Gasteiger partial charge < -0.3 is 10.6 Å². The second kappa shape index (κ2) is 10.3. The molecule has 0 saturated carbocycles. The van der Waals surface area contributed by atoms with Gasteiger partial charge in [0.1, 0.15) is 11.6 Å². The van der Waals surface area contributed by atoms with Gasteiger partial charge in [-0.3, -0.25) is 4.57 Å². The Bertz CT molecular complexity index is 737. The Morgan fingerprint density at radius 3 is 2.78 bits per heavy atom. The van der Waals surface area contributed by atoms with Crippen LogP contribution in [0.15, 0.2) is 35.7 Å². The topological polar surface area (TPSA) is 67.1 Å². The van der Waals surface area contributed by atoms with Crippen molar-refractivity contribution >= 4 is 41.7 Å². The summed E-state index contributed by atoms with van der Waals surface area (Å²) in [5.41, 5.74) is 1.09. The summed E-state index contributed by atoms with van der Waals surface area (Å²) >= 11 is 2.06. The molecule has 0 spiro atoms. The van der Waals surface area contributed by atoms with Crippen LogP contribution in [0, 0.1) is 6.92 Å². The highest BCUT2D eigenvalue weighted by atomic mass is 127. The number of hydrogen-bond acceptors (Lipinski definition) is 4. The zero-order valence-electron chi connectivity index (χ0n) is 16.2. The molecule has 3 rings (SSSR count). The number of nitrogens with zero attached hydrogens (tertiary/aromatic N) is 4. The van der Waals surface area contributed by atoms with Crippen LogP contribution in [0.1, 0.15) is 38.1 Å². The molecule has 148 valence electrons. The maximum Gasteiger partial charge on any atom is 0.191 e. The van der Waals surface area contributed by atoms with Crippen LogP contribution < -0.4 is 10.6 Å². The van der Waals surface area contributed by atoms with E-state index in [1.54, 1.807) is 6.20 Å². The number of imidazole rings is 1. The summed E-state index contributed by atoms with van der Waals surface area (Å²) in [6.07, 6.45) is 8.17. The predicted octanol–water partition coefficient (Wildman–Crippen LogP) is 3.53. The molecule has 0 radical (unpaired) electrons. The first-order valence-corrected chi connectivity index (χ1v) is 10.2. The molecule has 0 aliphatic carbocycles. The van der Waals surface area contributed by atoms with Crippen LogP contribution in [-0.4, -0.2) is 44.1 Å². The van der Waals surface area contributed by atoms with E-state index in [1.807, 2.05) is 30.0 Å². The lowest BCUT2D eigenvalue weighted by Gasteiger charge is -2.24. The van der Waals surface area contributed by atoms with Crippen molar-refractivity contribution in [1.29, 1.82) is 0 Å². The molecule has 1 aliphatic rings. The molecule has 0 aromatic carbocycles. The fraction of sp³-hybridized carbons (Fsp3) is 0.526. The quantitative estimate of drug-likeness (QED) is 0.361. The highest BCUT2D eigenvalue weighted by Gasteiger charge is 2.29. The number of nitrogens with one attached hydrogen (secondary N) is 2. The third kappa shape index (κ3) is 6.10. The fourth-order valence-corrected chi connectivity index (χ4v) is 4.28. The number of pyridine rings is 1. The molecule has 27 heavy (non-hydrogen) atoms. The second-order valence-electron chi connectivity index (χ2n) is 6.82. The van der Waals surface area contributed by atoms with Gasteiger partial charge in [-0.15, -0.1) is 24.0 Å². The van der Waals surface area contributed by atoms with E-state index in [2.05, 4.69) is 52.3 Å². The molecule has 1 saturated heterocycles. The molecule has 6 nitrogen and oxygen atoms in total. The van der Waals surface area contributed by atoms with E-state index in [4.69, 9.17) is 4.99 Å². The SMILES string of the molecule is CCNC(=NCc1ccc(-n2ccnc2C)nc1)NCC1(C)CCCS1.I. The summed E-state index contributed by atoms with van der Waals surface area (Å²) in [6.45, 7) is 8.80. The van der Waals surface area contributed by atoms with E-state index in [0.717, 1.165) is 36.3 Å². The van der Waals surface area contributed by atoms with Crippen LogP contribution in [0.3, 0.4) is 0 Å². The second-order valence-corrected chi connectivity index (χ2v) is 8.50. The van der Waals surface area contributed by atoms with Gasteiger partial charge in [0.05, 0.1) is 6.54 Å². The molecule has 1 atom stereocenters. The zero-order valence-corrected chi connectivity index (χ0v) is 19.4. The first-order chi connectivity index (χ1) is 12.6. The highest BCUT2D eigenvalue weighted by Crippen LogP contribution is 2.36. The Balaban J connectivity index is 0.00000261. The molecule has 3 heterocycles. The Labute approximate surface area is 183 Å². The number of hydrogen-bond donors (Lipinski definition) is 2.